The summed E-state index contributed by atoms with van der Waals surface area (Å²) in [6.07, 6.45) is 4.32. The molecule has 0 saturated carbocycles. The Bertz CT molecular complexity index is 1080. The Morgan fingerprint density at radius 2 is 1.52 bits per heavy atom. The van der Waals surface area contributed by atoms with E-state index >= 15 is 0 Å². The fraction of sp³-hybridized carbons (Fsp3) is 0.120. The number of benzene rings is 3. The zero-order valence-electron chi connectivity index (χ0n) is 16.4. The number of hydrogen-bond acceptors (Lipinski definition) is 2. The van der Waals surface area contributed by atoms with Crippen LogP contribution in [-0.4, -0.2) is 17.6 Å². The molecule has 1 aromatic heterocycles. The fourth-order valence-corrected chi connectivity index (χ4v) is 3.42. The monoisotopic (exact) mass is 383 g/mol. The van der Waals surface area contributed by atoms with E-state index in [1.54, 1.807) is 12.1 Å². The van der Waals surface area contributed by atoms with Gasteiger partial charge in [-0.15, -0.1) is 0 Å². The summed E-state index contributed by atoms with van der Waals surface area (Å²) in [5, 5.41) is 0. The molecule has 0 atom stereocenters. The number of aromatic nitrogens is 2. The highest BCUT2D eigenvalue weighted by atomic mass is 16.5. The summed E-state index contributed by atoms with van der Waals surface area (Å²) in [7, 11) is 1.40. The van der Waals surface area contributed by atoms with E-state index in [1.807, 2.05) is 24.3 Å². The first-order chi connectivity index (χ1) is 14.2. The summed E-state index contributed by atoms with van der Waals surface area (Å²) in [4.78, 5) is 11.6. The number of esters is 1. The number of hydrogen-bond donors (Lipinski definition) is 0. The zero-order chi connectivity index (χ0) is 20.1. The summed E-state index contributed by atoms with van der Waals surface area (Å²) in [6.45, 7) is 1.53. The van der Waals surface area contributed by atoms with Gasteiger partial charge in [0.05, 0.1) is 12.7 Å². The Morgan fingerprint density at radius 1 is 0.862 bits per heavy atom. The Balaban J connectivity index is 1.63. The molecule has 3 aromatic carbocycles. The first-order valence-corrected chi connectivity index (χ1v) is 9.59. The number of imidazole rings is 1. The lowest BCUT2D eigenvalue weighted by molar-refractivity contribution is -0.687. The Morgan fingerprint density at radius 3 is 2.17 bits per heavy atom. The molecule has 0 saturated heterocycles. The van der Waals surface area contributed by atoms with Crippen molar-refractivity contribution in [3.8, 4) is 11.3 Å². The molecule has 4 aromatic rings. The molecular formula is C25H23N2O2+. The minimum absolute atomic E-state index is 0.315. The maximum atomic E-state index is 11.6. The number of ether oxygens (including phenoxy) is 1. The third-order valence-corrected chi connectivity index (χ3v) is 4.89. The highest BCUT2D eigenvalue weighted by Gasteiger charge is 2.16. The van der Waals surface area contributed by atoms with Gasteiger partial charge in [0.25, 0.3) is 0 Å². The summed E-state index contributed by atoms with van der Waals surface area (Å²) >= 11 is 0. The topological polar surface area (TPSA) is 35.1 Å². The molecule has 144 valence electrons. The summed E-state index contributed by atoms with van der Waals surface area (Å²) in [5.41, 5.74) is 5.30. The van der Waals surface area contributed by atoms with Crippen molar-refractivity contribution in [3.63, 3.8) is 0 Å². The molecule has 0 radical (unpaired) electrons. The number of nitrogens with zero attached hydrogens (tertiary/aromatic N) is 2. The van der Waals surface area contributed by atoms with Gasteiger partial charge >= 0.3 is 5.97 Å². The molecule has 0 unspecified atom stereocenters. The molecule has 0 aliphatic rings. The molecule has 0 aliphatic heterocycles. The lowest BCUT2D eigenvalue weighted by Crippen LogP contribution is -2.31. The van der Waals surface area contributed by atoms with Crippen LogP contribution in [0, 0.1) is 0 Å². The van der Waals surface area contributed by atoms with Crippen LogP contribution in [-0.2, 0) is 17.8 Å². The molecule has 4 heteroatoms. The maximum absolute atomic E-state index is 11.6. The lowest BCUT2D eigenvalue weighted by Gasteiger charge is -2.02. The third-order valence-electron chi connectivity index (χ3n) is 4.89. The second-order valence-electron chi connectivity index (χ2n) is 6.97. The van der Waals surface area contributed by atoms with Crippen LogP contribution in [0.25, 0.3) is 11.3 Å². The van der Waals surface area contributed by atoms with Crippen molar-refractivity contribution in [2.24, 2.45) is 0 Å². The van der Waals surface area contributed by atoms with Crippen molar-refractivity contribution in [3.05, 3.63) is 114 Å². The molecule has 4 rings (SSSR count). The minimum atomic E-state index is -0.315. The van der Waals surface area contributed by atoms with Crippen LogP contribution >= 0.6 is 0 Å². The first-order valence-electron chi connectivity index (χ1n) is 9.59. The van der Waals surface area contributed by atoms with Gasteiger partial charge in [-0.3, -0.25) is 0 Å². The van der Waals surface area contributed by atoms with Crippen molar-refractivity contribution in [1.29, 1.82) is 0 Å². The van der Waals surface area contributed by atoms with Crippen molar-refractivity contribution in [2.75, 3.05) is 7.11 Å². The van der Waals surface area contributed by atoms with Gasteiger partial charge in [0.2, 0.25) is 6.33 Å². The molecule has 0 bridgehead atoms. The van der Waals surface area contributed by atoms with Crippen molar-refractivity contribution in [2.45, 2.75) is 13.1 Å². The number of rotatable bonds is 6. The zero-order valence-corrected chi connectivity index (χ0v) is 16.4. The molecule has 0 fully saturated rings. The molecular weight excluding hydrogens is 360 g/mol. The fourth-order valence-electron chi connectivity index (χ4n) is 3.42. The van der Waals surface area contributed by atoms with Crippen LogP contribution in [0.1, 0.15) is 21.5 Å². The van der Waals surface area contributed by atoms with Crippen molar-refractivity contribution < 1.29 is 14.1 Å². The second kappa shape index (κ2) is 8.57. The predicted octanol–water partition coefficient (Wildman–Crippen LogP) is 4.33. The minimum Gasteiger partial charge on any atom is -0.465 e. The van der Waals surface area contributed by atoms with E-state index < -0.39 is 0 Å². The molecule has 4 nitrogen and oxygen atoms in total. The van der Waals surface area contributed by atoms with Crippen LogP contribution in [0.3, 0.4) is 0 Å². The smallest absolute Gasteiger partial charge is 0.337 e. The molecule has 1 heterocycles. The Kier molecular flexibility index (Phi) is 5.52. The average Bonchev–Trinajstić information content (AvgIpc) is 3.17. The van der Waals surface area contributed by atoms with Crippen molar-refractivity contribution >= 4 is 5.97 Å². The molecule has 0 spiro atoms. The standard InChI is InChI=1S/C25H23N2O2/c1-29-25(28)23-14-12-21(13-15-23)16-26-18-24(22-10-6-3-7-11-22)27(19-26)17-20-8-4-2-5-9-20/h2-15,18-19H,16-17H2,1H3/q+1. The van der Waals surface area contributed by atoms with E-state index in [4.69, 9.17) is 4.74 Å². The lowest BCUT2D eigenvalue weighted by atomic mass is 10.1. The van der Waals surface area contributed by atoms with Gasteiger partial charge < -0.3 is 4.74 Å². The van der Waals surface area contributed by atoms with Gasteiger partial charge in [0.15, 0.2) is 5.69 Å². The van der Waals surface area contributed by atoms with Gasteiger partial charge in [-0.05, 0) is 23.3 Å². The number of carbonyl (C=O) groups excluding carboxylic acids is 1. The van der Waals surface area contributed by atoms with Crippen molar-refractivity contribution in [1.82, 2.24) is 4.57 Å². The van der Waals surface area contributed by atoms with Gasteiger partial charge in [-0.2, -0.15) is 0 Å². The van der Waals surface area contributed by atoms with E-state index in [-0.39, 0.29) is 5.97 Å². The molecule has 0 aliphatic carbocycles. The van der Waals surface area contributed by atoms with Crippen LogP contribution in [0.5, 0.6) is 0 Å². The van der Waals surface area contributed by atoms with E-state index in [0.717, 1.165) is 18.7 Å². The van der Waals surface area contributed by atoms with E-state index in [9.17, 15) is 4.79 Å². The Labute approximate surface area is 170 Å². The van der Waals surface area contributed by atoms with Gasteiger partial charge in [0.1, 0.15) is 19.3 Å². The van der Waals surface area contributed by atoms with Gasteiger partial charge in [-0.25, -0.2) is 13.9 Å². The van der Waals surface area contributed by atoms with Crippen LogP contribution < -0.4 is 4.57 Å². The second-order valence-corrected chi connectivity index (χ2v) is 6.97. The summed E-state index contributed by atoms with van der Waals surface area (Å²) in [5.74, 6) is -0.315. The average molecular weight is 383 g/mol. The molecule has 29 heavy (non-hydrogen) atoms. The number of methoxy groups -OCH3 is 1. The number of carbonyl (C=O) groups is 1. The van der Waals surface area contributed by atoms with Crippen LogP contribution in [0.2, 0.25) is 0 Å². The highest BCUT2D eigenvalue weighted by molar-refractivity contribution is 5.89. The van der Waals surface area contributed by atoms with Gasteiger partial charge in [0, 0.05) is 5.56 Å². The molecule has 0 N–H and O–H groups in total. The highest BCUT2D eigenvalue weighted by Crippen LogP contribution is 2.19. The quantitative estimate of drug-likeness (QED) is 0.367. The molecule has 0 amide bonds. The van der Waals surface area contributed by atoms with E-state index in [1.165, 1.54) is 23.9 Å². The predicted molar refractivity (Wildman–Crippen MR) is 112 cm³/mol. The SMILES string of the molecule is COC(=O)c1ccc(C[n+]2cc(-c3ccccc3)n(Cc3ccccc3)c2)cc1. The van der Waals surface area contributed by atoms with E-state index in [2.05, 4.69) is 70.2 Å². The largest absolute Gasteiger partial charge is 0.465 e. The maximum Gasteiger partial charge on any atom is 0.337 e. The van der Waals surface area contributed by atoms with E-state index in [0.29, 0.717) is 5.56 Å². The summed E-state index contributed by atoms with van der Waals surface area (Å²) < 4.78 is 9.22. The third kappa shape index (κ3) is 4.43. The van der Waals surface area contributed by atoms with Gasteiger partial charge in [-0.1, -0.05) is 72.8 Å². The summed E-state index contributed by atoms with van der Waals surface area (Å²) in [6, 6.07) is 28.4. The first kappa shape index (κ1) is 18.7. The van der Waals surface area contributed by atoms with Crippen LogP contribution in [0.4, 0.5) is 0 Å². The Hall–Kier alpha value is -3.66. The normalized spacial score (nSPS) is 10.7. The van der Waals surface area contributed by atoms with Crippen LogP contribution in [0.15, 0.2) is 97.5 Å².